The average Bonchev–Trinajstić information content (AvgIpc) is 3.10. The van der Waals surface area contributed by atoms with Gasteiger partial charge >= 0.3 is 0 Å². The Labute approximate surface area is 175 Å². The van der Waals surface area contributed by atoms with E-state index in [1.54, 1.807) is 18.5 Å². The molecule has 0 aliphatic carbocycles. The van der Waals surface area contributed by atoms with Gasteiger partial charge in [0.05, 0.1) is 11.2 Å². The predicted molar refractivity (Wildman–Crippen MR) is 116 cm³/mol. The molecule has 7 nitrogen and oxygen atoms in total. The molecule has 3 N–H and O–H groups in total. The minimum absolute atomic E-state index is 0.164. The van der Waals surface area contributed by atoms with E-state index in [2.05, 4.69) is 26.8 Å². The second-order valence-corrected chi connectivity index (χ2v) is 7.82. The first-order chi connectivity index (χ1) is 14.6. The Kier molecular flexibility index (Phi) is 5.96. The number of piperidine rings is 1. The van der Waals surface area contributed by atoms with Gasteiger partial charge in [0.25, 0.3) is 0 Å². The minimum Gasteiger partial charge on any atom is -0.350 e. The highest BCUT2D eigenvalue weighted by Gasteiger charge is 2.21. The Morgan fingerprint density at radius 2 is 2.00 bits per heavy atom. The number of hydrogen-bond donors (Lipinski definition) is 3. The summed E-state index contributed by atoms with van der Waals surface area (Å²) in [4.78, 5) is 11.0. The lowest BCUT2D eigenvalue weighted by Gasteiger charge is -2.32. The molecule has 1 aliphatic heterocycles. The fourth-order valence-electron chi connectivity index (χ4n) is 4.08. The van der Waals surface area contributed by atoms with E-state index in [1.807, 2.05) is 29.4 Å². The maximum Gasteiger partial charge on any atom is 0.225 e. The van der Waals surface area contributed by atoms with Gasteiger partial charge in [0, 0.05) is 56.2 Å². The smallest absolute Gasteiger partial charge is 0.225 e. The summed E-state index contributed by atoms with van der Waals surface area (Å²) >= 11 is 0. The first-order valence-electron chi connectivity index (χ1n) is 10.2. The highest BCUT2D eigenvalue weighted by Crippen LogP contribution is 2.24. The molecule has 0 bridgehead atoms. The Morgan fingerprint density at radius 3 is 2.70 bits per heavy atom. The van der Waals surface area contributed by atoms with E-state index >= 15 is 0 Å². The van der Waals surface area contributed by atoms with Crippen molar-refractivity contribution in [3.63, 3.8) is 0 Å². The number of halogens is 1. The molecule has 8 heteroatoms. The second-order valence-electron chi connectivity index (χ2n) is 7.82. The van der Waals surface area contributed by atoms with Crippen LogP contribution in [0, 0.1) is 11.7 Å². The number of hydrogen-bond acceptors (Lipinski definition) is 6. The summed E-state index contributed by atoms with van der Waals surface area (Å²) in [6, 6.07) is 5.22. The third-order valence-electron chi connectivity index (χ3n) is 5.81. The van der Waals surface area contributed by atoms with Crippen molar-refractivity contribution in [3.05, 3.63) is 60.3 Å². The summed E-state index contributed by atoms with van der Waals surface area (Å²) in [6.07, 6.45) is 7.42. The fraction of sp³-hybridized carbons (Fsp3) is 0.364. The summed E-state index contributed by atoms with van der Waals surface area (Å²) in [5.74, 6) is 1.10. The van der Waals surface area contributed by atoms with Crippen molar-refractivity contribution in [2.75, 3.05) is 24.5 Å². The highest BCUT2D eigenvalue weighted by atomic mass is 19.1. The maximum atomic E-state index is 14.3. The van der Waals surface area contributed by atoms with Crippen LogP contribution in [0.3, 0.4) is 0 Å². The summed E-state index contributed by atoms with van der Waals surface area (Å²) in [5.41, 5.74) is 4.96. The van der Waals surface area contributed by atoms with Gasteiger partial charge in [-0.2, -0.15) is 0 Å². The van der Waals surface area contributed by atoms with Gasteiger partial charge < -0.3 is 14.8 Å². The van der Waals surface area contributed by atoms with Crippen LogP contribution in [0.5, 0.6) is 0 Å². The quantitative estimate of drug-likeness (QED) is 0.520. The van der Waals surface area contributed by atoms with Gasteiger partial charge in [-0.25, -0.2) is 14.4 Å². The number of aromatic nitrogens is 3. The third kappa shape index (κ3) is 4.15. The van der Waals surface area contributed by atoms with Crippen LogP contribution in [0.1, 0.15) is 24.0 Å². The lowest BCUT2D eigenvalue weighted by Crippen LogP contribution is -2.38. The van der Waals surface area contributed by atoms with Gasteiger partial charge in [-0.15, -0.1) is 0 Å². The largest absolute Gasteiger partial charge is 0.350 e. The van der Waals surface area contributed by atoms with Crippen LogP contribution >= 0.6 is 0 Å². The molecule has 2 aromatic heterocycles. The van der Waals surface area contributed by atoms with Gasteiger partial charge in [0.15, 0.2) is 0 Å². The van der Waals surface area contributed by atoms with Crippen molar-refractivity contribution in [2.24, 2.45) is 13.0 Å². The van der Waals surface area contributed by atoms with Crippen molar-refractivity contribution in [3.8, 4) is 0 Å². The molecule has 0 atom stereocenters. The van der Waals surface area contributed by atoms with Gasteiger partial charge in [-0.1, -0.05) is 12.6 Å². The number of nitrogens with zero attached hydrogens (tertiary/aromatic N) is 4. The maximum absolute atomic E-state index is 14.3. The molecular formula is C22H27FN6O. The van der Waals surface area contributed by atoms with Crippen LogP contribution in [-0.2, 0) is 13.6 Å². The van der Waals surface area contributed by atoms with Crippen LogP contribution in [0.15, 0.2) is 43.4 Å². The summed E-state index contributed by atoms with van der Waals surface area (Å²) in [5, 5.41) is 13.1. The lowest BCUT2D eigenvalue weighted by molar-refractivity contribution is 0.225. The molecule has 30 heavy (non-hydrogen) atoms. The number of rotatable bonds is 7. The number of hydroxylamine groups is 1. The SMILES string of the molecule is C=C(NO)c1cnc(N2CCC(CNCc3cn(C)c4cccc(F)c34)CC2)nc1. The molecule has 1 saturated heterocycles. The molecule has 1 aromatic carbocycles. The Hall–Kier alpha value is -2.97. The van der Waals surface area contributed by atoms with E-state index in [0.29, 0.717) is 35.1 Å². The second kappa shape index (κ2) is 8.81. The molecule has 0 saturated carbocycles. The van der Waals surface area contributed by atoms with E-state index in [9.17, 15) is 4.39 Å². The molecule has 0 spiro atoms. The first-order valence-corrected chi connectivity index (χ1v) is 10.2. The molecule has 158 valence electrons. The third-order valence-corrected chi connectivity index (χ3v) is 5.81. The molecule has 1 fully saturated rings. The van der Waals surface area contributed by atoms with E-state index in [1.165, 1.54) is 6.07 Å². The van der Waals surface area contributed by atoms with E-state index in [0.717, 1.165) is 43.6 Å². The van der Waals surface area contributed by atoms with Crippen LogP contribution in [0.25, 0.3) is 16.6 Å². The Bertz CT molecular complexity index is 1020. The predicted octanol–water partition coefficient (Wildman–Crippen LogP) is 3.06. The van der Waals surface area contributed by atoms with Crippen molar-refractivity contribution in [1.82, 2.24) is 25.3 Å². The zero-order valence-corrected chi connectivity index (χ0v) is 17.1. The number of nitrogens with one attached hydrogen (secondary N) is 2. The van der Waals surface area contributed by atoms with Crippen molar-refractivity contribution >= 4 is 22.5 Å². The number of fused-ring (bicyclic) bond motifs is 1. The highest BCUT2D eigenvalue weighted by molar-refractivity contribution is 5.84. The van der Waals surface area contributed by atoms with Crippen molar-refractivity contribution < 1.29 is 9.60 Å². The zero-order chi connectivity index (χ0) is 21.1. The molecular weight excluding hydrogens is 383 g/mol. The number of aryl methyl sites for hydroxylation is 1. The van der Waals surface area contributed by atoms with Crippen LogP contribution in [0.2, 0.25) is 0 Å². The lowest BCUT2D eigenvalue weighted by atomic mass is 9.97. The molecule has 0 radical (unpaired) electrons. The Morgan fingerprint density at radius 1 is 1.27 bits per heavy atom. The van der Waals surface area contributed by atoms with Crippen molar-refractivity contribution in [2.45, 2.75) is 19.4 Å². The Balaban J connectivity index is 1.28. The number of anilines is 1. The molecule has 4 rings (SSSR count). The van der Waals surface area contributed by atoms with Crippen LogP contribution in [0.4, 0.5) is 10.3 Å². The van der Waals surface area contributed by atoms with E-state index in [4.69, 9.17) is 5.21 Å². The molecule has 1 aliphatic rings. The van der Waals surface area contributed by atoms with Gasteiger partial charge in [-0.05, 0) is 43.0 Å². The average molecular weight is 410 g/mol. The normalized spacial score (nSPS) is 15.0. The minimum atomic E-state index is -0.164. The van der Waals surface area contributed by atoms with Gasteiger partial charge in [-0.3, -0.25) is 10.7 Å². The summed E-state index contributed by atoms with van der Waals surface area (Å²) < 4.78 is 16.2. The van der Waals surface area contributed by atoms with Crippen LogP contribution < -0.4 is 15.7 Å². The molecule has 0 unspecified atom stereocenters. The van der Waals surface area contributed by atoms with E-state index < -0.39 is 0 Å². The van der Waals surface area contributed by atoms with Gasteiger partial charge in [0.2, 0.25) is 5.95 Å². The summed E-state index contributed by atoms with van der Waals surface area (Å²) in [6.45, 7) is 7.04. The fourth-order valence-corrected chi connectivity index (χ4v) is 4.08. The van der Waals surface area contributed by atoms with E-state index in [-0.39, 0.29) is 5.82 Å². The number of benzene rings is 1. The standard InChI is InChI=1S/C22H27FN6O/c1-15(27-30)17-12-25-22(26-13-17)29-8-6-16(7-9-29)10-24-11-18-14-28(2)20-5-3-4-19(23)21(18)20/h3-5,12-14,16,24,27,30H,1,6-11H2,2H3. The van der Waals surface area contributed by atoms with Crippen molar-refractivity contribution in [1.29, 1.82) is 0 Å². The summed E-state index contributed by atoms with van der Waals surface area (Å²) in [7, 11) is 1.95. The zero-order valence-electron chi connectivity index (χ0n) is 17.1. The van der Waals surface area contributed by atoms with Gasteiger partial charge in [0.1, 0.15) is 5.82 Å². The monoisotopic (exact) mass is 410 g/mol. The topological polar surface area (TPSA) is 78.2 Å². The first kappa shape index (κ1) is 20.3. The molecule has 0 amide bonds. The molecule has 3 aromatic rings. The van der Waals surface area contributed by atoms with Crippen LogP contribution in [-0.4, -0.2) is 39.4 Å². The molecule has 3 heterocycles.